The number of carbonyl (C=O) groups is 1. The van der Waals surface area contributed by atoms with Crippen molar-refractivity contribution in [2.45, 2.75) is 116 Å². The third-order valence-corrected chi connectivity index (χ3v) is 4.87. The number of carboxylic acid groups (broad SMARTS) is 1. The highest BCUT2D eigenvalue weighted by molar-refractivity contribution is 5.66. The zero-order valence-corrected chi connectivity index (χ0v) is 19.1. The molecule has 1 atom stereocenters. The first-order chi connectivity index (χ1) is 13.3. The number of hydrogen-bond acceptors (Lipinski definition) is 3. The van der Waals surface area contributed by atoms with E-state index < -0.39 is 10.6 Å². The summed E-state index contributed by atoms with van der Waals surface area (Å²) in [6.45, 7) is 4.16. The van der Waals surface area contributed by atoms with Gasteiger partial charge in [-0.15, -0.1) is 0 Å². The molecule has 0 saturated heterocycles. The van der Waals surface area contributed by atoms with Crippen LogP contribution in [0.3, 0.4) is 0 Å². The van der Waals surface area contributed by atoms with E-state index in [0.717, 1.165) is 19.3 Å². The number of hydrogen-bond donors (Lipinski definition) is 2. The van der Waals surface area contributed by atoms with Gasteiger partial charge in [0.1, 0.15) is 6.17 Å². The molecule has 0 spiro atoms. The maximum atomic E-state index is 10.8. The second-order valence-electron chi connectivity index (χ2n) is 8.14. The summed E-state index contributed by atoms with van der Waals surface area (Å²) in [6, 6.07) is 0. The van der Waals surface area contributed by atoms with Crippen LogP contribution in [0.1, 0.15) is 110 Å². The van der Waals surface area contributed by atoms with Crippen molar-refractivity contribution < 1.29 is 14.5 Å². The predicted octanol–water partition coefficient (Wildman–Crippen LogP) is 6.36. The molecule has 3 N–H and O–H groups in total. The highest BCUT2D eigenvalue weighted by Gasteiger charge is 2.10. The molecule has 0 fully saturated rings. The van der Waals surface area contributed by atoms with Crippen LogP contribution >= 0.6 is 0 Å². The van der Waals surface area contributed by atoms with Crippen molar-refractivity contribution >= 4 is 5.97 Å². The van der Waals surface area contributed by atoms with Crippen molar-refractivity contribution in [2.75, 3.05) is 14.1 Å². The van der Waals surface area contributed by atoms with Crippen LogP contribution < -0.4 is 5.73 Å². The van der Waals surface area contributed by atoms with Gasteiger partial charge in [-0.3, -0.25) is 10.5 Å². The summed E-state index contributed by atoms with van der Waals surface area (Å²) in [7, 11) is 3.10. The Hall–Kier alpha value is -0.910. The molecule has 0 aromatic carbocycles. The minimum absolute atomic E-state index is 0.269. The summed E-state index contributed by atoms with van der Waals surface area (Å²) < 4.78 is -0.392. The molecule has 0 bridgehead atoms. The molecule has 0 rings (SSSR count). The molecule has 5 nitrogen and oxygen atoms in total. The van der Waals surface area contributed by atoms with Crippen LogP contribution in [0, 0.1) is 5.21 Å². The van der Waals surface area contributed by atoms with E-state index in [0.29, 0.717) is 6.42 Å². The Kier molecular flexibility index (Phi) is 21.8. The van der Waals surface area contributed by atoms with Crippen molar-refractivity contribution in [3.05, 3.63) is 17.4 Å². The lowest BCUT2D eigenvalue weighted by atomic mass is 10.1. The van der Waals surface area contributed by atoms with E-state index in [-0.39, 0.29) is 6.17 Å². The topological polar surface area (TPSA) is 86.4 Å². The molecule has 0 aliphatic carbocycles. The first-order valence-electron chi connectivity index (χ1n) is 11.4. The molecule has 168 valence electrons. The van der Waals surface area contributed by atoms with Gasteiger partial charge in [0.25, 0.3) is 0 Å². The zero-order valence-electron chi connectivity index (χ0n) is 19.1. The maximum absolute atomic E-state index is 10.8. The third kappa shape index (κ3) is 25.1. The minimum atomic E-state index is -0.664. The number of nitrogens with two attached hydrogens (primary N) is 1. The average molecular weight is 401 g/mol. The Bertz CT molecular complexity index is 365. The van der Waals surface area contributed by atoms with Gasteiger partial charge in [-0.1, -0.05) is 77.4 Å². The van der Waals surface area contributed by atoms with Crippen LogP contribution in [0.5, 0.6) is 0 Å². The van der Waals surface area contributed by atoms with E-state index in [9.17, 15) is 10.0 Å². The van der Waals surface area contributed by atoms with Gasteiger partial charge in [0, 0.05) is 12.8 Å². The SMILES string of the molecule is CCC(N)[N+](C)(C)[O-].CCCCCCCCC=CCCCCCCCC(=O)O. The number of nitrogens with zero attached hydrogens (tertiary/aromatic N) is 1. The average Bonchev–Trinajstić information content (AvgIpc) is 2.63. The smallest absolute Gasteiger partial charge is 0.303 e. The predicted molar refractivity (Wildman–Crippen MR) is 121 cm³/mol. The first-order valence-corrected chi connectivity index (χ1v) is 11.4. The van der Waals surface area contributed by atoms with Crippen molar-refractivity contribution in [1.82, 2.24) is 0 Å². The summed E-state index contributed by atoms with van der Waals surface area (Å²) >= 11 is 0. The standard InChI is InChI=1S/C18H34O2.C5H14N2O/c1-2-3-4-5-6-7-8-9-10-11-12-13-14-15-16-17-18(19)20;1-4-5(6)7(2,3)8/h9-10H,2-8,11-17H2,1H3,(H,19,20);5H,4,6H2,1-3H3. The van der Waals surface area contributed by atoms with Crippen LogP contribution in [0.2, 0.25) is 0 Å². The lowest BCUT2D eigenvalue weighted by molar-refractivity contribution is -0.866. The summed E-state index contributed by atoms with van der Waals surface area (Å²) in [5.74, 6) is -0.664. The van der Waals surface area contributed by atoms with Gasteiger partial charge >= 0.3 is 5.97 Å². The second-order valence-corrected chi connectivity index (χ2v) is 8.14. The molecule has 0 heterocycles. The van der Waals surface area contributed by atoms with Gasteiger partial charge in [-0.25, -0.2) is 0 Å². The van der Waals surface area contributed by atoms with E-state index in [1.54, 1.807) is 14.1 Å². The van der Waals surface area contributed by atoms with Crippen molar-refractivity contribution in [3.63, 3.8) is 0 Å². The number of hydroxylamine groups is 3. The van der Waals surface area contributed by atoms with Gasteiger partial charge in [0.15, 0.2) is 0 Å². The fourth-order valence-corrected chi connectivity index (χ4v) is 2.79. The van der Waals surface area contributed by atoms with E-state index in [2.05, 4.69) is 19.1 Å². The molecule has 5 heteroatoms. The Morgan fingerprint density at radius 2 is 1.32 bits per heavy atom. The number of quaternary nitrogens is 1. The van der Waals surface area contributed by atoms with Crippen LogP contribution in [0.15, 0.2) is 12.2 Å². The number of allylic oxidation sites excluding steroid dienone is 2. The molecule has 0 radical (unpaired) electrons. The van der Waals surface area contributed by atoms with Gasteiger partial charge in [-0.05, 0) is 32.1 Å². The maximum Gasteiger partial charge on any atom is 0.303 e. The fraction of sp³-hybridized carbons (Fsp3) is 0.870. The van der Waals surface area contributed by atoms with Crippen LogP contribution in [-0.2, 0) is 4.79 Å². The molecular formula is C23H48N2O3. The molecule has 0 aromatic rings. The zero-order chi connectivity index (χ0) is 21.7. The normalized spacial score (nSPS) is 12.6. The van der Waals surface area contributed by atoms with Gasteiger partial charge in [0.05, 0.1) is 14.1 Å². The van der Waals surface area contributed by atoms with E-state index in [4.69, 9.17) is 10.8 Å². The van der Waals surface area contributed by atoms with Crippen molar-refractivity contribution in [1.29, 1.82) is 0 Å². The van der Waals surface area contributed by atoms with Crippen molar-refractivity contribution in [2.24, 2.45) is 5.73 Å². The molecule has 0 aromatic heterocycles. The second kappa shape index (κ2) is 20.8. The highest BCUT2D eigenvalue weighted by atomic mass is 16.5. The summed E-state index contributed by atoms with van der Waals surface area (Å²) in [5, 5.41) is 19.4. The molecule has 0 aliphatic rings. The highest BCUT2D eigenvalue weighted by Crippen LogP contribution is 2.09. The first kappa shape index (κ1) is 29.3. The van der Waals surface area contributed by atoms with Gasteiger partial charge in [0.2, 0.25) is 0 Å². The van der Waals surface area contributed by atoms with Gasteiger partial charge in [-0.2, -0.15) is 0 Å². The van der Waals surface area contributed by atoms with Crippen molar-refractivity contribution in [3.8, 4) is 0 Å². The quantitative estimate of drug-likeness (QED) is 0.0977. The Balaban J connectivity index is 0. The number of unbranched alkanes of at least 4 members (excludes halogenated alkanes) is 11. The summed E-state index contributed by atoms with van der Waals surface area (Å²) in [5.41, 5.74) is 5.41. The summed E-state index contributed by atoms with van der Waals surface area (Å²) in [4.78, 5) is 10.3. The van der Waals surface area contributed by atoms with Gasteiger partial charge < -0.3 is 15.0 Å². The van der Waals surface area contributed by atoms with E-state index >= 15 is 0 Å². The molecule has 0 aliphatic heterocycles. The summed E-state index contributed by atoms with van der Waals surface area (Å²) in [6.07, 6.45) is 21.7. The minimum Gasteiger partial charge on any atom is -0.632 e. The Morgan fingerprint density at radius 3 is 1.68 bits per heavy atom. The Labute approximate surface area is 174 Å². The Morgan fingerprint density at radius 1 is 0.893 bits per heavy atom. The van der Waals surface area contributed by atoms with E-state index in [1.807, 2.05) is 6.92 Å². The molecule has 1 unspecified atom stereocenters. The van der Waals surface area contributed by atoms with Crippen LogP contribution in [0.4, 0.5) is 0 Å². The lowest BCUT2D eigenvalue weighted by Gasteiger charge is -2.38. The number of carboxylic acids is 1. The number of rotatable bonds is 17. The molecule has 28 heavy (non-hydrogen) atoms. The molecule has 0 saturated carbocycles. The lowest BCUT2D eigenvalue weighted by Crippen LogP contribution is -2.48. The third-order valence-electron chi connectivity index (χ3n) is 4.87. The van der Waals surface area contributed by atoms with Crippen LogP contribution in [0.25, 0.3) is 0 Å². The molecular weight excluding hydrogens is 352 g/mol. The largest absolute Gasteiger partial charge is 0.632 e. The van der Waals surface area contributed by atoms with E-state index in [1.165, 1.54) is 70.6 Å². The number of aliphatic carboxylic acids is 1. The van der Waals surface area contributed by atoms with Crippen LogP contribution in [-0.4, -0.2) is 36.0 Å². The molecule has 0 amide bonds. The fourth-order valence-electron chi connectivity index (χ4n) is 2.79. The monoisotopic (exact) mass is 400 g/mol.